The summed E-state index contributed by atoms with van der Waals surface area (Å²) in [6.45, 7) is 3.18. The van der Waals surface area contributed by atoms with Crippen LogP contribution in [-0.4, -0.2) is 43.2 Å². The predicted molar refractivity (Wildman–Crippen MR) is 73.4 cm³/mol. The van der Waals surface area contributed by atoms with E-state index in [-0.39, 0.29) is 11.3 Å². The molecule has 1 saturated carbocycles. The van der Waals surface area contributed by atoms with Gasteiger partial charge in [0.05, 0.1) is 0 Å². The second-order valence-corrected chi connectivity index (χ2v) is 6.23. The van der Waals surface area contributed by atoms with E-state index in [1.807, 2.05) is 0 Å². The number of nitrogens with zero attached hydrogens (tertiary/aromatic N) is 1. The highest BCUT2D eigenvalue weighted by Gasteiger charge is 2.42. The Balaban J connectivity index is 1.65. The maximum absolute atomic E-state index is 11.8. The summed E-state index contributed by atoms with van der Waals surface area (Å²) in [6.07, 6.45) is 5.55. The first kappa shape index (κ1) is 13.2. The molecule has 1 amide bonds. The van der Waals surface area contributed by atoms with Gasteiger partial charge in [0.1, 0.15) is 0 Å². The number of rotatable bonds is 5. The largest absolute Gasteiger partial charge is 0.356 e. The van der Waals surface area contributed by atoms with Crippen LogP contribution in [-0.2, 0) is 4.79 Å². The molecule has 3 nitrogen and oxygen atoms in total. The van der Waals surface area contributed by atoms with E-state index < -0.39 is 0 Å². The second-order valence-electron chi connectivity index (χ2n) is 5.91. The van der Waals surface area contributed by atoms with Gasteiger partial charge in [0.25, 0.3) is 0 Å². The van der Waals surface area contributed by atoms with E-state index >= 15 is 0 Å². The second kappa shape index (κ2) is 5.61. The Hall–Kier alpha value is -0.220. The summed E-state index contributed by atoms with van der Waals surface area (Å²) in [7, 11) is 2.16. The lowest BCUT2D eigenvalue weighted by Gasteiger charge is -2.29. The monoisotopic (exact) mass is 256 g/mol. The number of piperidine rings is 1. The molecule has 0 radical (unpaired) electrons. The van der Waals surface area contributed by atoms with Crippen molar-refractivity contribution in [2.24, 2.45) is 11.3 Å². The molecule has 2 aliphatic rings. The molecule has 4 heteroatoms. The number of nitrogens with one attached hydrogen (secondary N) is 1. The molecule has 1 atom stereocenters. The summed E-state index contributed by atoms with van der Waals surface area (Å²) in [5.41, 5.74) is 0.247. The van der Waals surface area contributed by atoms with Crippen LogP contribution in [0.4, 0.5) is 0 Å². The number of likely N-dealkylation sites (tertiary alicyclic amines) is 1. The maximum Gasteiger partial charge on any atom is 0.220 e. The van der Waals surface area contributed by atoms with Gasteiger partial charge in [-0.2, -0.15) is 12.6 Å². The zero-order chi connectivity index (χ0) is 12.3. The highest BCUT2D eigenvalue weighted by molar-refractivity contribution is 7.80. The number of amides is 1. The molecule has 0 aromatic heterocycles. The van der Waals surface area contributed by atoms with Crippen molar-refractivity contribution >= 4 is 18.5 Å². The van der Waals surface area contributed by atoms with E-state index in [9.17, 15) is 4.79 Å². The zero-order valence-electron chi connectivity index (χ0n) is 10.7. The minimum atomic E-state index is 0.227. The van der Waals surface area contributed by atoms with E-state index in [0.29, 0.717) is 12.3 Å². The van der Waals surface area contributed by atoms with Crippen molar-refractivity contribution in [3.05, 3.63) is 0 Å². The Bertz CT molecular complexity index is 279. The Morgan fingerprint density at radius 2 is 2.29 bits per heavy atom. The summed E-state index contributed by atoms with van der Waals surface area (Å²) in [4.78, 5) is 14.2. The molecule has 1 N–H and O–H groups in total. The van der Waals surface area contributed by atoms with Crippen molar-refractivity contribution in [2.75, 3.05) is 32.4 Å². The van der Waals surface area contributed by atoms with Crippen molar-refractivity contribution in [1.82, 2.24) is 10.2 Å². The van der Waals surface area contributed by atoms with Crippen LogP contribution < -0.4 is 5.32 Å². The fourth-order valence-corrected chi connectivity index (χ4v) is 3.10. The van der Waals surface area contributed by atoms with Gasteiger partial charge in [-0.3, -0.25) is 4.79 Å². The first-order valence-corrected chi connectivity index (χ1v) is 7.33. The summed E-state index contributed by atoms with van der Waals surface area (Å²) in [5, 5.41) is 3.10. The minimum Gasteiger partial charge on any atom is -0.356 e. The number of hydrogen-bond donors (Lipinski definition) is 2. The lowest BCUT2D eigenvalue weighted by molar-refractivity contribution is -0.122. The van der Waals surface area contributed by atoms with Gasteiger partial charge in [0.15, 0.2) is 0 Å². The molecule has 98 valence electrons. The average Bonchev–Trinajstić information content (AvgIpc) is 3.07. The lowest BCUT2D eigenvalue weighted by atomic mass is 9.98. The van der Waals surface area contributed by atoms with Crippen LogP contribution in [0.25, 0.3) is 0 Å². The third-order valence-corrected chi connectivity index (χ3v) is 4.81. The van der Waals surface area contributed by atoms with Crippen LogP contribution in [0.2, 0.25) is 0 Å². The first-order chi connectivity index (χ1) is 8.13. The van der Waals surface area contributed by atoms with Crippen LogP contribution in [0.1, 0.15) is 32.1 Å². The topological polar surface area (TPSA) is 32.3 Å². The third kappa shape index (κ3) is 3.88. The molecular formula is C13H24N2OS. The van der Waals surface area contributed by atoms with Crippen LogP contribution in [0.15, 0.2) is 0 Å². The van der Waals surface area contributed by atoms with Crippen molar-refractivity contribution in [3.8, 4) is 0 Å². The Kier molecular flexibility index (Phi) is 4.36. The van der Waals surface area contributed by atoms with E-state index in [0.717, 1.165) is 18.8 Å². The molecule has 0 bridgehead atoms. The van der Waals surface area contributed by atoms with Gasteiger partial charge in [0, 0.05) is 19.5 Å². The number of thiol groups is 1. The molecule has 2 fully saturated rings. The summed E-state index contributed by atoms with van der Waals surface area (Å²) in [5.74, 6) is 1.72. The van der Waals surface area contributed by atoms with Crippen LogP contribution in [0.5, 0.6) is 0 Å². The van der Waals surface area contributed by atoms with Crippen molar-refractivity contribution in [3.63, 3.8) is 0 Å². The molecule has 1 aliphatic carbocycles. The van der Waals surface area contributed by atoms with Gasteiger partial charge < -0.3 is 10.2 Å². The van der Waals surface area contributed by atoms with E-state index in [2.05, 4.69) is 29.9 Å². The maximum atomic E-state index is 11.8. The molecule has 1 unspecified atom stereocenters. The molecule has 0 aromatic rings. The predicted octanol–water partition coefficient (Wildman–Crippen LogP) is 1.54. The zero-order valence-corrected chi connectivity index (χ0v) is 11.6. The van der Waals surface area contributed by atoms with Gasteiger partial charge >= 0.3 is 0 Å². The fourth-order valence-electron chi connectivity index (χ4n) is 2.67. The van der Waals surface area contributed by atoms with Gasteiger partial charge in [-0.15, -0.1) is 0 Å². The summed E-state index contributed by atoms with van der Waals surface area (Å²) >= 11 is 4.33. The molecule has 0 spiro atoms. The van der Waals surface area contributed by atoms with Crippen LogP contribution >= 0.6 is 12.6 Å². The van der Waals surface area contributed by atoms with Crippen molar-refractivity contribution < 1.29 is 4.79 Å². The number of carbonyl (C=O) groups is 1. The number of hydrogen-bond acceptors (Lipinski definition) is 3. The lowest BCUT2D eigenvalue weighted by Crippen LogP contribution is -2.39. The highest BCUT2D eigenvalue weighted by atomic mass is 32.1. The van der Waals surface area contributed by atoms with E-state index in [1.54, 1.807) is 0 Å². The Labute approximate surface area is 110 Å². The van der Waals surface area contributed by atoms with Crippen molar-refractivity contribution in [2.45, 2.75) is 32.1 Å². The molecule has 0 aromatic carbocycles. The Morgan fingerprint density at radius 1 is 1.53 bits per heavy atom. The first-order valence-electron chi connectivity index (χ1n) is 6.70. The molecular weight excluding hydrogens is 232 g/mol. The van der Waals surface area contributed by atoms with Gasteiger partial charge in [-0.1, -0.05) is 0 Å². The molecule has 1 heterocycles. The molecule has 1 saturated heterocycles. The normalized spacial score (nSPS) is 27.8. The van der Waals surface area contributed by atoms with Gasteiger partial charge in [-0.25, -0.2) is 0 Å². The van der Waals surface area contributed by atoms with Crippen molar-refractivity contribution in [1.29, 1.82) is 0 Å². The quantitative estimate of drug-likeness (QED) is 0.732. The third-order valence-electron chi connectivity index (χ3n) is 4.14. The summed E-state index contributed by atoms with van der Waals surface area (Å²) in [6, 6.07) is 0. The fraction of sp³-hybridized carbons (Fsp3) is 0.923. The minimum absolute atomic E-state index is 0.227. The summed E-state index contributed by atoms with van der Waals surface area (Å²) < 4.78 is 0. The highest BCUT2D eigenvalue weighted by Crippen LogP contribution is 2.49. The Morgan fingerprint density at radius 3 is 2.88 bits per heavy atom. The SMILES string of the molecule is CN1CCCC(CNC(=O)CC2(CS)CC2)C1. The smallest absolute Gasteiger partial charge is 0.220 e. The molecule has 17 heavy (non-hydrogen) atoms. The van der Waals surface area contributed by atoms with Gasteiger partial charge in [-0.05, 0) is 56.4 Å². The van der Waals surface area contributed by atoms with Gasteiger partial charge in [0.2, 0.25) is 5.91 Å². The average molecular weight is 256 g/mol. The van der Waals surface area contributed by atoms with E-state index in [1.165, 1.54) is 32.2 Å². The van der Waals surface area contributed by atoms with E-state index in [4.69, 9.17) is 0 Å². The van der Waals surface area contributed by atoms with Crippen LogP contribution in [0.3, 0.4) is 0 Å². The molecule has 1 aliphatic heterocycles. The number of carbonyl (C=O) groups excluding carboxylic acids is 1. The van der Waals surface area contributed by atoms with Crippen LogP contribution in [0, 0.1) is 11.3 Å². The standard InChI is InChI=1S/C13H24N2OS/c1-15-6-2-3-11(9-15)8-14-12(16)7-13(10-17)4-5-13/h11,17H,2-10H2,1H3,(H,14,16). The molecule has 2 rings (SSSR count).